The highest BCUT2D eigenvalue weighted by Crippen LogP contribution is 2.68. The molecule has 0 bridgehead atoms. The van der Waals surface area contributed by atoms with E-state index in [9.17, 15) is 9.90 Å². The van der Waals surface area contributed by atoms with Crippen molar-refractivity contribution < 1.29 is 14.6 Å². The van der Waals surface area contributed by atoms with Gasteiger partial charge in [-0.15, -0.1) is 6.58 Å². The SMILES string of the molecule is C=CCC1(O)CCC2C3CCC4CC(OC(C)=O)CCC4(C)C3CCC21C. The van der Waals surface area contributed by atoms with Crippen molar-refractivity contribution in [1.29, 1.82) is 0 Å². The third-order valence-electron chi connectivity index (χ3n) is 9.75. The summed E-state index contributed by atoms with van der Waals surface area (Å²) in [6, 6.07) is 0. The molecule has 0 aromatic rings. The molecule has 0 aliphatic heterocycles. The van der Waals surface area contributed by atoms with E-state index >= 15 is 0 Å². The van der Waals surface area contributed by atoms with Crippen LogP contribution in [-0.4, -0.2) is 22.8 Å². The van der Waals surface area contributed by atoms with Crippen molar-refractivity contribution in [3.8, 4) is 0 Å². The van der Waals surface area contributed by atoms with Crippen LogP contribution in [-0.2, 0) is 9.53 Å². The second-order valence-electron chi connectivity index (χ2n) is 10.7. The van der Waals surface area contributed by atoms with Gasteiger partial charge in [0.15, 0.2) is 0 Å². The fourth-order valence-electron chi connectivity index (χ4n) is 8.24. The molecule has 4 fully saturated rings. The van der Waals surface area contributed by atoms with E-state index in [-0.39, 0.29) is 17.5 Å². The van der Waals surface area contributed by atoms with Crippen molar-refractivity contribution in [3.05, 3.63) is 12.7 Å². The van der Waals surface area contributed by atoms with Crippen LogP contribution in [0.15, 0.2) is 12.7 Å². The zero-order chi connectivity index (χ0) is 19.4. The number of fused-ring (bicyclic) bond motifs is 5. The van der Waals surface area contributed by atoms with Crippen molar-refractivity contribution in [1.82, 2.24) is 0 Å². The van der Waals surface area contributed by atoms with Crippen molar-refractivity contribution in [2.75, 3.05) is 0 Å². The Morgan fingerprint density at radius 2 is 1.85 bits per heavy atom. The van der Waals surface area contributed by atoms with Crippen LogP contribution in [0.2, 0.25) is 0 Å². The minimum Gasteiger partial charge on any atom is -0.463 e. The van der Waals surface area contributed by atoms with Crippen LogP contribution < -0.4 is 0 Å². The fraction of sp³-hybridized carbons (Fsp3) is 0.875. The van der Waals surface area contributed by atoms with Gasteiger partial charge in [-0.2, -0.15) is 0 Å². The van der Waals surface area contributed by atoms with E-state index in [1.165, 1.54) is 39.0 Å². The molecule has 3 heteroatoms. The first kappa shape index (κ1) is 19.5. The summed E-state index contributed by atoms with van der Waals surface area (Å²) in [6.07, 6.45) is 13.2. The summed E-state index contributed by atoms with van der Waals surface area (Å²) in [6.45, 7) is 10.4. The molecular weight excluding hydrogens is 336 g/mol. The van der Waals surface area contributed by atoms with Gasteiger partial charge in [-0.3, -0.25) is 4.79 Å². The molecule has 3 nitrogen and oxygen atoms in total. The first-order valence-corrected chi connectivity index (χ1v) is 11.2. The van der Waals surface area contributed by atoms with Crippen molar-refractivity contribution in [3.63, 3.8) is 0 Å². The molecule has 1 N–H and O–H groups in total. The van der Waals surface area contributed by atoms with E-state index < -0.39 is 5.60 Å². The number of hydrogen-bond donors (Lipinski definition) is 1. The summed E-state index contributed by atoms with van der Waals surface area (Å²) in [5.74, 6) is 2.76. The summed E-state index contributed by atoms with van der Waals surface area (Å²) in [5, 5.41) is 11.4. The molecule has 4 aliphatic carbocycles. The molecular formula is C24H38O3. The Balaban J connectivity index is 1.54. The Hall–Kier alpha value is -0.830. The van der Waals surface area contributed by atoms with Gasteiger partial charge in [0.05, 0.1) is 5.60 Å². The average Bonchev–Trinajstić information content (AvgIpc) is 2.86. The predicted molar refractivity (Wildman–Crippen MR) is 107 cm³/mol. The van der Waals surface area contributed by atoms with E-state index in [0.29, 0.717) is 17.3 Å². The third-order valence-corrected chi connectivity index (χ3v) is 9.75. The maximum atomic E-state index is 11.4. The van der Waals surface area contributed by atoms with Gasteiger partial charge in [0.25, 0.3) is 0 Å². The molecule has 4 aliphatic rings. The van der Waals surface area contributed by atoms with Gasteiger partial charge < -0.3 is 9.84 Å². The average molecular weight is 375 g/mol. The van der Waals surface area contributed by atoms with Crippen LogP contribution >= 0.6 is 0 Å². The zero-order valence-corrected chi connectivity index (χ0v) is 17.5. The second kappa shape index (κ2) is 6.61. The first-order valence-electron chi connectivity index (χ1n) is 11.2. The van der Waals surface area contributed by atoms with Crippen molar-refractivity contribution in [2.45, 2.75) is 96.7 Å². The second-order valence-corrected chi connectivity index (χ2v) is 10.7. The lowest BCUT2D eigenvalue weighted by Gasteiger charge is -2.61. The molecule has 0 heterocycles. The van der Waals surface area contributed by atoms with Crippen LogP contribution in [0.5, 0.6) is 0 Å². The highest BCUT2D eigenvalue weighted by Gasteiger charge is 2.64. The van der Waals surface area contributed by atoms with E-state index in [2.05, 4.69) is 20.4 Å². The first-order chi connectivity index (χ1) is 12.7. The topological polar surface area (TPSA) is 46.5 Å². The molecule has 0 amide bonds. The van der Waals surface area contributed by atoms with Crippen molar-refractivity contribution >= 4 is 5.97 Å². The van der Waals surface area contributed by atoms with E-state index in [1.54, 1.807) is 0 Å². The molecule has 0 aromatic heterocycles. The van der Waals surface area contributed by atoms with Crippen molar-refractivity contribution in [2.24, 2.45) is 34.5 Å². The number of carbonyl (C=O) groups excluding carboxylic acids is 1. The smallest absolute Gasteiger partial charge is 0.302 e. The summed E-state index contributed by atoms with van der Waals surface area (Å²) in [4.78, 5) is 11.4. The summed E-state index contributed by atoms with van der Waals surface area (Å²) in [5.41, 5.74) is -0.102. The van der Waals surface area contributed by atoms with E-state index in [0.717, 1.165) is 43.9 Å². The lowest BCUT2D eigenvalue weighted by atomic mass is 9.44. The van der Waals surface area contributed by atoms with Gasteiger partial charge in [-0.05, 0) is 98.7 Å². The predicted octanol–water partition coefficient (Wildman–Crippen LogP) is 5.27. The number of carbonyl (C=O) groups is 1. The monoisotopic (exact) mass is 374 g/mol. The van der Waals surface area contributed by atoms with Crippen LogP contribution in [0.3, 0.4) is 0 Å². The lowest BCUT2D eigenvalue weighted by molar-refractivity contribution is -0.168. The minimum atomic E-state index is -0.547. The van der Waals surface area contributed by atoms with Crippen LogP contribution in [0.1, 0.15) is 85.0 Å². The van der Waals surface area contributed by atoms with Gasteiger partial charge in [0, 0.05) is 6.92 Å². The largest absolute Gasteiger partial charge is 0.463 e. The number of hydrogen-bond acceptors (Lipinski definition) is 3. The van der Waals surface area contributed by atoms with E-state index in [1.807, 2.05) is 6.08 Å². The van der Waals surface area contributed by atoms with Crippen LogP contribution in [0.4, 0.5) is 0 Å². The molecule has 8 unspecified atom stereocenters. The normalized spacial score (nSPS) is 51.6. The molecule has 0 saturated heterocycles. The Morgan fingerprint density at radius 3 is 2.56 bits per heavy atom. The van der Waals surface area contributed by atoms with Gasteiger partial charge in [-0.25, -0.2) is 0 Å². The molecule has 4 rings (SSSR count). The van der Waals surface area contributed by atoms with Crippen LogP contribution in [0, 0.1) is 34.5 Å². The Morgan fingerprint density at radius 1 is 1.11 bits per heavy atom. The highest BCUT2D eigenvalue weighted by molar-refractivity contribution is 5.66. The van der Waals surface area contributed by atoms with Gasteiger partial charge >= 0.3 is 5.97 Å². The number of ether oxygens (including phenoxy) is 1. The molecule has 0 aromatic carbocycles. The maximum absolute atomic E-state index is 11.4. The molecule has 0 radical (unpaired) electrons. The molecule has 27 heavy (non-hydrogen) atoms. The number of esters is 1. The zero-order valence-electron chi connectivity index (χ0n) is 17.5. The molecule has 8 atom stereocenters. The fourth-order valence-corrected chi connectivity index (χ4v) is 8.24. The van der Waals surface area contributed by atoms with Gasteiger partial charge in [0.1, 0.15) is 6.10 Å². The Labute approximate surface area is 164 Å². The van der Waals surface area contributed by atoms with Crippen LogP contribution in [0.25, 0.3) is 0 Å². The quantitative estimate of drug-likeness (QED) is 0.541. The lowest BCUT2D eigenvalue weighted by Crippen LogP contribution is -2.56. The standard InChI is InChI=1S/C24H38O3/c1-5-11-24(26)14-10-21-19-7-6-17-15-18(27-16(2)25)8-12-22(17,3)20(19)9-13-23(21,24)4/h5,17-21,26H,1,6-15H2,2-4H3. The summed E-state index contributed by atoms with van der Waals surface area (Å²) >= 11 is 0. The maximum Gasteiger partial charge on any atom is 0.302 e. The Kier molecular flexibility index (Phi) is 4.77. The molecule has 4 saturated carbocycles. The molecule has 0 spiro atoms. The summed E-state index contributed by atoms with van der Waals surface area (Å²) in [7, 11) is 0. The third kappa shape index (κ3) is 2.82. The number of aliphatic hydroxyl groups is 1. The Bertz CT molecular complexity index is 615. The van der Waals surface area contributed by atoms with Gasteiger partial charge in [0.2, 0.25) is 0 Å². The minimum absolute atomic E-state index is 0.0560. The van der Waals surface area contributed by atoms with Gasteiger partial charge in [-0.1, -0.05) is 19.9 Å². The number of rotatable bonds is 3. The summed E-state index contributed by atoms with van der Waals surface area (Å²) < 4.78 is 5.58. The van der Waals surface area contributed by atoms with E-state index in [4.69, 9.17) is 4.74 Å². The highest BCUT2D eigenvalue weighted by atomic mass is 16.5. The molecule has 152 valence electrons.